The molecule has 1 fully saturated rings. The molecule has 1 aliphatic heterocycles. The lowest BCUT2D eigenvalue weighted by molar-refractivity contribution is 0.0790. The van der Waals surface area contributed by atoms with Crippen LogP contribution in [0.25, 0.3) is 0 Å². The van der Waals surface area contributed by atoms with Gasteiger partial charge in [0, 0.05) is 31.7 Å². The summed E-state index contributed by atoms with van der Waals surface area (Å²) >= 11 is 0. The molecule has 0 aromatic heterocycles. The minimum atomic E-state index is -0.416. The molecule has 0 aliphatic carbocycles. The Hall–Kier alpha value is -2.24. The van der Waals surface area contributed by atoms with Crippen molar-refractivity contribution in [3.8, 4) is 0 Å². The van der Waals surface area contributed by atoms with Crippen molar-refractivity contribution in [2.45, 2.75) is 32.0 Å². The molecule has 1 saturated heterocycles. The Morgan fingerprint density at radius 1 is 1.12 bits per heavy atom. The quantitative estimate of drug-likeness (QED) is 0.878. The highest BCUT2D eigenvalue weighted by Crippen LogP contribution is 2.16. The molecule has 132 valence electrons. The molecule has 25 heavy (non-hydrogen) atoms. The normalized spacial score (nSPS) is 15.9. The second kappa shape index (κ2) is 8.23. The molecule has 4 nitrogen and oxygen atoms in total. The summed E-state index contributed by atoms with van der Waals surface area (Å²) in [7, 11) is 0. The monoisotopic (exact) mass is 342 g/mol. The van der Waals surface area contributed by atoms with Crippen molar-refractivity contribution in [2.75, 3.05) is 13.1 Å². The highest BCUT2D eigenvalue weighted by molar-refractivity contribution is 5.94. The lowest BCUT2D eigenvalue weighted by Gasteiger charge is -2.30. The summed E-state index contributed by atoms with van der Waals surface area (Å²) < 4.78 is 13.2. The molecule has 1 aliphatic rings. The van der Waals surface area contributed by atoms with Crippen LogP contribution in [0.5, 0.6) is 0 Å². The van der Waals surface area contributed by atoms with Crippen LogP contribution in [0.15, 0.2) is 48.5 Å². The van der Waals surface area contributed by atoms with Crippen LogP contribution in [-0.4, -0.2) is 35.1 Å². The number of benzene rings is 2. The molecular formula is C20H23FN2O2. The minimum absolute atomic E-state index is 0.183. The molecule has 2 aromatic carbocycles. The maximum atomic E-state index is 13.2. The third kappa shape index (κ3) is 4.87. The number of piperidine rings is 1. The van der Waals surface area contributed by atoms with Crippen LogP contribution in [-0.2, 0) is 13.1 Å². The van der Waals surface area contributed by atoms with Gasteiger partial charge in [-0.25, -0.2) is 4.39 Å². The molecule has 2 N–H and O–H groups in total. The van der Waals surface area contributed by atoms with Gasteiger partial charge in [-0.15, -0.1) is 0 Å². The fourth-order valence-electron chi connectivity index (χ4n) is 3.11. The zero-order chi connectivity index (χ0) is 17.6. The number of aliphatic hydroxyl groups excluding tert-OH is 1. The van der Waals surface area contributed by atoms with Gasteiger partial charge < -0.3 is 10.4 Å². The lowest BCUT2D eigenvalue weighted by Crippen LogP contribution is -2.35. The minimum Gasteiger partial charge on any atom is -0.393 e. The van der Waals surface area contributed by atoms with E-state index in [1.54, 1.807) is 6.07 Å². The van der Waals surface area contributed by atoms with Crippen LogP contribution in [0.4, 0.5) is 4.39 Å². The number of hydrogen-bond donors (Lipinski definition) is 2. The maximum absolute atomic E-state index is 13.2. The van der Waals surface area contributed by atoms with Crippen LogP contribution < -0.4 is 5.32 Å². The van der Waals surface area contributed by atoms with Gasteiger partial charge in [0.2, 0.25) is 0 Å². The number of nitrogens with one attached hydrogen (secondary N) is 1. The number of carbonyl (C=O) groups excluding carboxylic acids is 1. The highest BCUT2D eigenvalue weighted by Gasteiger charge is 2.18. The lowest BCUT2D eigenvalue weighted by atomic mass is 10.0. The van der Waals surface area contributed by atoms with Crippen molar-refractivity contribution >= 4 is 5.91 Å². The van der Waals surface area contributed by atoms with E-state index in [2.05, 4.69) is 16.3 Å². The van der Waals surface area contributed by atoms with E-state index in [-0.39, 0.29) is 12.0 Å². The van der Waals surface area contributed by atoms with E-state index < -0.39 is 5.82 Å². The number of carbonyl (C=O) groups is 1. The first-order valence-electron chi connectivity index (χ1n) is 8.63. The molecule has 2 aromatic rings. The Morgan fingerprint density at radius 2 is 1.84 bits per heavy atom. The largest absolute Gasteiger partial charge is 0.393 e. The summed E-state index contributed by atoms with van der Waals surface area (Å²) in [5.41, 5.74) is 2.54. The Balaban J connectivity index is 1.62. The van der Waals surface area contributed by atoms with Crippen molar-refractivity contribution in [2.24, 2.45) is 0 Å². The molecule has 0 spiro atoms. The molecule has 0 atom stereocenters. The van der Waals surface area contributed by atoms with Gasteiger partial charge >= 0.3 is 0 Å². The highest BCUT2D eigenvalue weighted by atomic mass is 19.1. The predicted molar refractivity (Wildman–Crippen MR) is 94.5 cm³/mol. The van der Waals surface area contributed by atoms with Crippen molar-refractivity contribution in [3.05, 3.63) is 71.0 Å². The van der Waals surface area contributed by atoms with Gasteiger partial charge in [0.1, 0.15) is 5.82 Å². The van der Waals surface area contributed by atoms with E-state index in [4.69, 9.17) is 0 Å². The van der Waals surface area contributed by atoms with Crippen molar-refractivity contribution in [1.82, 2.24) is 10.2 Å². The summed E-state index contributed by atoms with van der Waals surface area (Å²) in [5, 5.41) is 12.5. The van der Waals surface area contributed by atoms with Gasteiger partial charge in [0.15, 0.2) is 0 Å². The number of aliphatic hydroxyl groups is 1. The van der Waals surface area contributed by atoms with Gasteiger partial charge in [-0.1, -0.05) is 30.3 Å². The molecule has 0 saturated carbocycles. The summed E-state index contributed by atoms with van der Waals surface area (Å²) in [6, 6.07) is 13.7. The van der Waals surface area contributed by atoms with Crippen LogP contribution in [0.3, 0.4) is 0 Å². The van der Waals surface area contributed by atoms with Crippen molar-refractivity contribution in [3.63, 3.8) is 0 Å². The number of hydrogen-bond acceptors (Lipinski definition) is 3. The van der Waals surface area contributed by atoms with Crippen molar-refractivity contribution < 1.29 is 14.3 Å². The van der Waals surface area contributed by atoms with E-state index in [1.807, 2.05) is 18.2 Å². The van der Waals surface area contributed by atoms with Gasteiger partial charge in [-0.2, -0.15) is 0 Å². The van der Waals surface area contributed by atoms with Crippen molar-refractivity contribution in [1.29, 1.82) is 0 Å². The number of rotatable bonds is 5. The standard InChI is InChI=1S/C20H23FN2O2/c21-18-7-3-6-15(12-18)20(25)22-13-16-4-1-2-5-17(16)14-23-10-8-19(24)9-11-23/h1-7,12,19,24H,8-11,13-14H2,(H,22,25). The van der Waals surface area contributed by atoms with Gasteiger partial charge in [0.05, 0.1) is 6.10 Å². The van der Waals surface area contributed by atoms with Crippen LogP contribution in [0, 0.1) is 5.82 Å². The van der Waals surface area contributed by atoms with E-state index in [9.17, 15) is 14.3 Å². The zero-order valence-electron chi connectivity index (χ0n) is 14.1. The number of amides is 1. The second-order valence-corrected chi connectivity index (χ2v) is 6.47. The van der Waals surface area contributed by atoms with E-state index in [0.29, 0.717) is 12.1 Å². The van der Waals surface area contributed by atoms with Gasteiger partial charge in [0.25, 0.3) is 5.91 Å². The maximum Gasteiger partial charge on any atom is 0.251 e. The first-order chi connectivity index (χ1) is 12.1. The number of nitrogens with zero attached hydrogens (tertiary/aromatic N) is 1. The third-order valence-electron chi connectivity index (χ3n) is 4.60. The fourth-order valence-corrected chi connectivity index (χ4v) is 3.11. The summed E-state index contributed by atoms with van der Waals surface area (Å²) in [5.74, 6) is -0.698. The first kappa shape index (κ1) is 17.6. The second-order valence-electron chi connectivity index (χ2n) is 6.47. The molecule has 0 bridgehead atoms. The van der Waals surface area contributed by atoms with Crippen LogP contribution in [0.1, 0.15) is 34.3 Å². The smallest absolute Gasteiger partial charge is 0.251 e. The molecular weight excluding hydrogens is 319 g/mol. The average Bonchev–Trinajstić information content (AvgIpc) is 2.62. The Labute approximate surface area is 147 Å². The van der Waals surface area contributed by atoms with E-state index in [0.717, 1.165) is 38.0 Å². The molecule has 0 unspecified atom stereocenters. The molecule has 1 amide bonds. The van der Waals surface area contributed by atoms with Crippen LogP contribution in [0.2, 0.25) is 0 Å². The Kier molecular flexibility index (Phi) is 5.79. The average molecular weight is 342 g/mol. The SMILES string of the molecule is O=C(NCc1ccccc1CN1CCC(O)CC1)c1cccc(F)c1. The molecule has 1 heterocycles. The van der Waals surface area contributed by atoms with Gasteiger partial charge in [-0.05, 0) is 42.2 Å². The van der Waals surface area contributed by atoms with Crippen LogP contribution >= 0.6 is 0 Å². The molecule has 3 rings (SSSR count). The first-order valence-corrected chi connectivity index (χ1v) is 8.63. The predicted octanol–water partition coefficient (Wildman–Crippen LogP) is 2.71. The summed E-state index contributed by atoms with van der Waals surface area (Å²) in [6.07, 6.45) is 1.42. The summed E-state index contributed by atoms with van der Waals surface area (Å²) in [6.45, 7) is 2.97. The molecule has 0 radical (unpaired) electrons. The summed E-state index contributed by atoms with van der Waals surface area (Å²) in [4.78, 5) is 14.5. The molecule has 5 heteroatoms. The number of likely N-dealkylation sites (tertiary alicyclic amines) is 1. The third-order valence-corrected chi connectivity index (χ3v) is 4.60. The Morgan fingerprint density at radius 3 is 2.56 bits per heavy atom. The zero-order valence-corrected chi connectivity index (χ0v) is 14.1. The fraction of sp³-hybridized carbons (Fsp3) is 0.350. The Bertz CT molecular complexity index is 727. The van der Waals surface area contributed by atoms with Gasteiger partial charge in [-0.3, -0.25) is 9.69 Å². The van der Waals surface area contributed by atoms with E-state index >= 15 is 0 Å². The van der Waals surface area contributed by atoms with E-state index in [1.165, 1.54) is 23.8 Å². The number of halogens is 1. The topological polar surface area (TPSA) is 52.6 Å².